The van der Waals surface area contributed by atoms with E-state index in [0.29, 0.717) is 10.9 Å². The van der Waals surface area contributed by atoms with Crippen LogP contribution in [0.4, 0.5) is 5.69 Å². The lowest BCUT2D eigenvalue weighted by molar-refractivity contribution is 0.588. The van der Waals surface area contributed by atoms with Crippen LogP contribution in [0.2, 0.25) is 0 Å². The molecule has 0 unspecified atom stereocenters. The topological polar surface area (TPSA) is 72.2 Å². The SMILES string of the molecule is CNS(=O)(=O)c1ccc(SC2CCCC2)cc1N. The Morgan fingerprint density at radius 2 is 2.00 bits per heavy atom. The van der Waals surface area contributed by atoms with Crippen molar-refractivity contribution < 1.29 is 8.42 Å². The highest BCUT2D eigenvalue weighted by Crippen LogP contribution is 2.36. The predicted octanol–water partition coefficient (Wildman–Crippen LogP) is 2.21. The summed E-state index contributed by atoms with van der Waals surface area (Å²) in [6, 6.07) is 5.18. The first-order chi connectivity index (χ1) is 8.53. The van der Waals surface area contributed by atoms with Crippen LogP contribution in [-0.4, -0.2) is 20.7 Å². The first kappa shape index (κ1) is 13.7. The molecule has 0 bridgehead atoms. The highest BCUT2D eigenvalue weighted by molar-refractivity contribution is 8.00. The Hall–Kier alpha value is -0.720. The monoisotopic (exact) mass is 286 g/mol. The zero-order chi connectivity index (χ0) is 13.2. The molecule has 1 aromatic carbocycles. The van der Waals surface area contributed by atoms with Crippen LogP contribution in [-0.2, 0) is 10.0 Å². The van der Waals surface area contributed by atoms with Gasteiger partial charge in [0.05, 0.1) is 5.69 Å². The summed E-state index contributed by atoms with van der Waals surface area (Å²) >= 11 is 1.80. The van der Waals surface area contributed by atoms with E-state index >= 15 is 0 Å². The van der Waals surface area contributed by atoms with E-state index < -0.39 is 10.0 Å². The summed E-state index contributed by atoms with van der Waals surface area (Å²) in [5, 5.41) is 0.649. The van der Waals surface area contributed by atoms with Crippen molar-refractivity contribution in [2.24, 2.45) is 0 Å². The van der Waals surface area contributed by atoms with Crippen molar-refractivity contribution in [2.75, 3.05) is 12.8 Å². The molecule has 0 heterocycles. The first-order valence-electron chi connectivity index (χ1n) is 6.02. The van der Waals surface area contributed by atoms with Crippen LogP contribution in [0.25, 0.3) is 0 Å². The van der Waals surface area contributed by atoms with Crippen molar-refractivity contribution in [3.05, 3.63) is 18.2 Å². The highest BCUT2D eigenvalue weighted by atomic mass is 32.2. The fraction of sp³-hybridized carbons (Fsp3) is 0.500. The molecule has 0 aromatic heterocycles. The van der Waals surface area contributed by atoms with Crippen molar-refractivity contribution in [1.82, 2.24) is 4.72 Å². The fourth-order valence-corrected chi connectivity index (χ4v) is 4.29. The number of anilines is 1. The van der Waals surface area contributed by atoms with Crippen LogP contribution in [0.5, 0.6) is 0 Å². The van der Waals surface area contributed by atoms with Crippen LogP contribution in [0.3, 0.4) is 0 Å². The van der Waals surface area contributed by atoms with Gasteiger partial charge in [-0.3, -0.25) is 0 Å². The molecule has 0 amide bonds. The van der Waals surface area contributed by atoms with E-state index in [1.807, 2.05) is 6.07 Å². The predicted molar refractivity (Wildman–Crippen MR) is 75.2 cm³/mol. The van der Waals surface area contributed by atoms with Gasteiger partial charge in [-0.2, -0.15) is 0 Å². The molecular weight excluding hydrogens is 268 g/mol. The third-order valence-corrected chi connectivity index (χ3v) is 5.96. The molecule has 1 aromatic rings. The number of hydrogen-bond acceptors (Lipinski definition) is 4. The summed E-state index contributed by atoms with van der Waals surface area (Å²) in [5.74, 6) is 0. The Labute approximate surface area is 112 Å². The van der Waals surface area contributed by atoms with Gasteiger partial charge in [0.15, 0.2) is 0 Å². The van der Waals surface area contributed by atoms with Crippen molar-refractivity contribution in [3.8, 4) is 0 Å². The Morgan fingerprint density at radius 1 is 1.33 bits per heavy atom. The molecule has 1 aliphatic rings. The molecule has 0 radical (unpaired) electrons. The standard InChI is InChI=1S/C12H18N2O2S2/c1-14-18(15,16)12-7-6-10(8-11(12)13)17-9-4-2-3-5-9/h6-9,14H,2-5,13H2,1H3. The van der Waals surface area contributed by atoms with Gasteiger partial charge in [-0.15, -0.1) is 11.8 Å². The molecule has 100 valence electrons. The number of benzene rings is 1. The molecule has 6 heteroatoms. The minimum Gasteiger partial charge on any atom is -0.398 e. The van der Waals surface area contributed by atoms with E-state index in [1.54, 1.807) is 23.9 Å². The molecule has 1 fully saturated rings. The molecule has 2 rings (SSSR count). The van der Waals surface area contributed by atoms with Crippen molar-refractivity contribution in [2.45, 2.75) is 40.7 Å². The van der Waals surface area contributed by atoms with Gasteiger partial charge in [-0.1, -0.05) is 12.8 Å². The zero-order valence-corrected chi connectivity index (χ0v) is 12.0. The van der Waals surface area contributed by atoms with E-state index in [9.17, 15) is 8.42 Å². The number of thioether (sulfide) groups is 1. The lowest BCUT2D eigenvalue weighted by atomic mass is 10.3. The fourth-order valence-electron chi connectivity index (χ4n) is 2.15. The lowest BCUT2D eigenvalue weighted by Gasteiger charge is -2.11. The number of rotatable bonds is 4. The van der Waals surface area contributed by atoms with Crippen LogP contribution in [0.15, 0.2) is 28.0 Å². The molecule has 1 aliphatic carbocycles. The molecule has 1 saturated carbocycles. The average Bonchev–Trinajstić information content (AvgIpc) is 2.81. The maximum absolute atomic E-state index is 11.7. The van der Waals surface area contributed by atoms with Crippen LogP contribution >= 0.6 is 11.8 Å². The minimum atomic E-state index is -3.46. The van der Waals surface area contributed by atoms with Crippen LogP contribution in [0, 0.1) is 0 Å². The van der Waals surface area contributed by atoms with Crippen LogP contribution in [0.1, 0.15) is 25.7 Å². The smallest absolute Gasteiger partial charge is 0.242 e. The molecule has 0 atom stereocenters. The van der Waals surface area contributed by atoms with Gasteiger partial charge in [0.2, 0.25) is 10.0 Å². The van der Waals surface area contributed by atoms with Gasteiger partial charge in [0, 0.05) is 10.1 Å². The van der Waals surface area contributed by atoms with Gasteiger partial charge in [-0.25, -0.2) is 13.1 Å². The molecule has 18 heavy (non-hydrogen) atoms. The maximum atomic E-state index is 11.7. The van der Waals surface area contributed by atoms with Crippen molar-refractivity contribution in [1.29, 1.82) is 0 Å². The van der Waals surface area contributed by atoms with E-state index in [2.05, 4.69) is 4.72 Å². The molecule has 0 aliphatic heterocycles. The normalized spacial score (nSPS) is 17.2. The maximum Gasteiger partial charge on any atom is 0.242 e. The van der Waals surface area contributed by atoms with E-state index in [4.69, 9.17) is 5.73 Å². The molecular formula is C12H18N2O2S2. The summed E-state index contributed by atoms with van der Waals surface area (Å²) in [6.45, 7) is 0. The third-order valence-electron chi connectivity index (χ3n) is 3.14. The quantitative estimate of drug-likeness (QED) is 0.832. The Balaban J connectivity index is 2.19. The number of nitrogen functional groups attached to an aromatic ring is 1. The van der Waals surface area contributed by atoms with Gasteiger partial charge in [0.25, 0.3) is 0 Å². The summed E-state index contributed by atoms with van der Waals surface area (Å²) in [7, 11) is -2.07. The second-order valence-electron chi connectivity index (χ2n) is 4.43. The molecule has 0 spiro atoms. The van der Waals surface area contributed by atoms with E-state index in [0.717, 1.165) is 4.90 Å². The molecule has 3 N–H and O–H groups in total. The summed E-state index contributed by atoms with van der Waals surface area (Å²) in [4.78, 5) is 1.20. The molecule has 0 saturated heterocycles. The number of nitrogens with two attached hydrogens (primary N) is 1. The number of nitrogens with one attached hydrogen (secondary N) is 1. The largest absolute Gasteiger partial charge is 0.398 e. The first-order valence-corrected chi connectivity index (χ1v) is 8.39. The Kier molecular flexibility index (Phi) is 4.19. The van der Waals surface area contributed by atoms with Gasteiger partial charge in [-0.05, 0) is 38.1 Å². The van der Waals surface area contributed by atoms with Crippen molar-refractivity contribution >= 4 is 27.5 Å². The van der Waals surface area contributed by atoms with Gasteiger partial charge in [0.1, 0.15) is 4.90 Å². The third kappa shape index (κ3) is 2.99. The Bertz CT molecular complexity index is 523. The van der Waals surface area contributed by atoms with E-state index in [-0.39, 0.29) is 4.90 Å². The molecule has 4 nitrogen and oxygen atoms in total. The second-order valence-corrected chi connectivity index (χ2v) is 7.66. The van der Waals surface area contributed by atoms with Crippen molar-refractivity contribution in [3.63, 3.8) is 0 Å². The van der Waals surface area contributed by atoms with Gasteiger partial charge < -0.3 is 5.73 Å². The number of hydrogen-bond donors (Lipinski definition) is 2. The number of sulfonamides is 1. The van der Waals surface area contributed by atoms with Gasteiger partial charge >= 0.3 is 0 Å². The summed E-state index contributed by atoms with van der Waals surface area (Å²) in [6.07, 6.45) is 5.06. The van der Waals surface area contributed by atoms with Crippen LogP contribution < -0.4 is 10.5 Å². The zero-order valence-electron chi connectivity index (χ0n) is 10.3. The van der Waals surface area contributed by atoms with E-state index in [1.165, 1.54) is 32.7 Å². The second kappa shape index (κ2) is 5.50. The summed E-state index contributed by atoms with van der Waals surface area (Å²) in [5.41, 5.74) is 6.14. The minimum absolute atomic E-state index is 0.153. The average molecular weight is 286 g/mol. The lowest BCUT2D eigenvalue weighted by Crippen LogP contribution is -2.19. The highest BCUT2D eigenvalue weighted by Gasteiger charge is 2.19. The Morgan fingerprint density at radius 3 is 2.56 bits per heavy atom. The summed E-state index contributed by atoms with van der Waals surface area (Å²) < 4.78 is 25.6.